The van der Waals surface area contributed by atoms with Gasteiger partial charge in [-0.2, -0.15) is 21.4 Å². The molecular formula is C4H6F4O4S. The van der Waals surface area contributed by atoms with Crippen LogP contribution in [-0.2, 0) is 14.6 Å². The number of hydrogen-bond acceptors (Lipinski definition) is 3. The van der Waals surface area contributed by atoms with Crippen LogP contribution in [0.15, 0.2) is 0 Å². The van der Waals surface area contributed by atoms with Crippen molar-refractivity contribution in [1.82, 2.24) is 0 Å². The van der Waals surface area contributed by atoms with E-state index in [4.69, 9.17) is 4.55 Å². The molecule has 0 aliphatic heterocycles. The molecule has 0 saturated heterocycles. The van der Waals surface area contributed by atoms with Crippen molar-refractivity contribution in [2.24, 2.45) is 0 Å². The van der Waals surface area contributed by atoms with E-state index in [9.17, 15) is 26.0 Å². The van der Waals surface area contributed by atoms with Gasteiger partial charge in [0.1, 0.15) is 6.42 Å². The Morgan fingerprint density at radius 3 is 1.92 bits per heavy atom. The van der Waals surface area contributed by atoms with Crippen molar-refractivity contribution in [3.8, 4) is 0 Å². The normalized spacial score (nSPS) is 14.6. The molecule has 4 nitrogen and oxygen atoms in total. The van der Waals surface area contributed by atoms with Crippen LogP contribution >= 0.6 is 0 Å². The van der Waals surface area contributed by atoms with Gasteiger partial charge in [-0.3, -0.25) is 4.55 Å². The summed E-state index contributed by atoms with van der Waals surface area (Å²) in [5, 5.41) is 0. The molecule has 0 saturated carbocycles. The van der Waals surface area contributed by atoms with Crippen molar-refractivity contribution in [3.63, 3.8) is 0 Å². The van der Waals surface area contributed by atoms with Crippen molar-refractivity contribution < 1.29 is 34.7 Å². The highest BCUT2D eigenvalue weighted by atomic mass is 32.3. The van der Waals surface area contributed by atoms with E-state index in [0.717, 1.165) is 0 Å². The van der Waals surface area contributed by atoms with Gasteiger partial charge >= 0.3 is 16.5 Å². The average Bonchev–Trinajstić information content (AvgIpc) is 1.43. The zero-order chi connectivity index (χ0) is 10.9. The van der Waals surface area contributed by atoms with Crippen molar-refractivity contribution in [2.75, 3.05) is 0 Å². The third-order valence-corrected chi connectivity index (χ3v) is 1.20. The first-order valence-electron chi connectivity index (χ1n) is 2.85. The van der Waals surface area contributed by atoms with E-state index in [2.05, 4.69) is 4.18 Å². The Labute approximate surface area is 71.4 Å². The summed E-state index contributed by atoms with van der Waals surface area (Å²) in [5.41, 5.74) is 0. The molecule has 0 unspecified atom stereocenters. The van der Waals surface area contributed by atoms with E-state index < -0.39 is 28.9 Å². The predicted molar refractivity (Wildman–Crippen MR) is 32.8 cm³/mol. The van der Waals surface area contributed by atoms with Crippen LogP contribution in [0.25, 0.3) is 0 Å². The topological polar surface area (TPSA) is 63.6 Å². The van der Waals surface area contributed by atoms with E-state index >= 15 is 0 Å². The minimum absolute atomic E-state index is 0.161. The maximum atomic E-state index is 12.2. The zero-order valence-corrected chi connectivity index (χ0v) is 7.12. The Morgan fingerprint density at radius 1 is 1.31 bits per heavy atom. The molecule has 0 heterocycles. The van der Waals surface area contributed by atoms with Crippen LogP contribution in [0.2, 0.25) is 0 Å². The lowest BCUT2D eigenvalue weighted by Gasteiger charge is -2.17. The highest BCUT2D eigenvalue weighted by molar-refractivity contribution is 7.80. The summed E-state index contributed by atoms with van der Waals surface area (Å²) < 4.78 is 78.2. The Bertz CT molecular complexity index is 266. The molecule has 0 radical (unpaired) electrons. The van der Waals surface area contributed by atoms with Gasteiger partial charge in [-0.05, 0) is 6.92 Å². The van der Waals surface area contributed by atoms with Gasteiger partial charge in [0.05, 0.1) is 0 Å². The Balaban J connectivity index is 4.43. The van der Waals surface area contributed by atoms with E-state index in [1.807, 2.05) is 0 Å². The van der Waals surface area contributed by atoms with Crippen LogP contribution < -0.4 is 0 Å². The molecule has 0 amide bonds. The van der Waals surface area contributed by atoms with E-state index in [1.54, 1.807) is 0 Å². The molecule has 0 aliphatic rings. The number of alkyl halides is 4. The summed E-state index contributed by atoms with van der Waals surface area (Å²) in [5.74, 6) is -3.80. The summed E-state index contributed by atoms with van der Waals surface area (Å²) >= 11 is 0. The van der Waals surface area contributed by atoms with Crippen molar-refractivity contribution in [1.29, 1.82) is 0 Å². The summed E-state index contributed by atoms with van der Waals surface area (Å²) in [6, 6.07) is 0. The zero-order valence-electron chi connectivity index (χ0n) is 6.30. The van der Waals surface area contributed by atoms with Crippen LogP contribution in [0.3, 0.4) is 0 Å². The first kappa shape index (κ1) is 12.6. The fraction of sp³-hybridized carbons (Fsp3) is 1.00. The van der Waals surface area contributed by atoms with Gasteiger partial charge in [-0.25, -0.2) is 8.78 Å². The lowest BCUT2D eigenvalue weighted by Crippen LogP contribution is -2.31. The Morgan fingerprint density at radius 2 is 1.69 bits per heavy atom. The van der Waals surface area contributed by atoms with E-state index in [-0.39, 0.29) is 6.92 Å². The predicted octanol–water partition coefficient (Wildman–Crippen LogP) is 1.44. The largest absolute Gasteiger partial charge is 0.402 e. The van der Waals surface area contributed by atoms with Crippen LogP contribution in [0.5, 0.6) is 0 Å². The molecular weight excluding hydrogens is 220 g/mol. The van der Waals surface area contributed by atoms with E-state index in [0.29, 0.717) is 0 Å². The highest BCUT2D eigenvalue weighted by Gasteiger charge is 2.44. The fourth-order valence-electron chi connectivity index (χ4n) is 0.545. The van der Waals surface area contributed by atoms with Crippen LogP contribution in [0, 0.1) is 0 Å². The van der Waals surface area contributed by atoms with Crippen molar-refractivity contribution in [2.45, 2.75) is 25.4 Å². The summed E-state index contributed by atoms with van der Waals surface area (Å²) in [4.78, 5) is 0. The highest BCUT2D eigenvalue weighted by Crippen LogP contribution is 2.31. The lowest BCUT2D eigenvalue weighted by molar-refractivity contribution is -0.217. The lowest BCUT2D eigenvalue weighted by atomic mass is 10.2. The first-order chi connectivity index (χ1) is 5.41. The second kappa shape index (κ2) is 3.39. The van der Waals surface area contributed by atoms with Gasteiger partial charge in [0.25, 0.3) is 5.92 Å². The summed E-state index contributed by atoms with van der Waals surface area (Å²) in [6.45, 7) is 0.161. The molecule has 0 aromatic heterocycles. The minimum atomic E-state index is -5.44. The maximum Gasteiger partial charge on any atom is 0.402 e. The van der Waals surface area contributed by atoms with Gasteiger partial charge in [0.15, 0.2) is 0 Å². The molecule has 0 bridgehead atoms. The molecule has 0 aromatic rings. The monoisotopic (exact) mass is 226 g/mol. The van der Waals surface area contributed by atoms with Crippen LogP contribution in [-0.4, -0.2) is 25.0 Å². The fourth-order valence-corrected chi connectivity index (χ4v) is 0.912. The third-order valence-electron chi connectivity index (χ3n) is 0.743. The van der Waals surface area contributed by atoms with Gasteiger partial charge in [-0.15, -0.1) is 0 Å². The molecule has 9 heteroatoms. The Kier molecular flexibility index (Phi) is 3.28. The second-order valence-corrected chi connectivity index (χ2v) is 3.42. The summed E-state index contributed by atoms with van der Waals surface area (Å²) in [6.07, 6.45) is -6.74. The molecule has 0 rings (SSSR count). The second-order valence-electron chi connectivity index (χ2n) is 2.40. The molecule has 0 aromatic carbocycles. The molecule has 0 atom stereocenters. The SMILES string of the molecule is CC(F)(F)CC(F)(F)OS(=O)(=O)O. The number of hydrogen-bond donors (Lipinski definition) is 1. The maximum absolute atomic E-state index is 12.2. The average molecular weight is 226 g/mol. The number of rotatable bonds is 4. The molecule has 0 spiro atoms. The van der Waals surface area contributed by atoms with Crippen molar-refractivity contribution >= 4 is 10.4 Å². The standard InChI is InChI=1S/C4H6F4O4S/c1-3(5,6)2-4(7,8)12-13(9,10)11/h2H2,1H3,(H,9,10,11). The molecule has 80 valence electrons. The quantitative estimate of drug-likeness (QED) is 0.582. The number of halogens is 4. The van der Waals surface area contributed by atoms with E-state index in [1.165, 1.54) is 0 Å². The summed E-state index contributed by atoms with van der Waals surface area (Å²) in [7, 11) is -5.44. The molecule has 0 fully saturated rings. The van der Waals surface area contributed by atoms with Crippen molar-refractivity contribution in [3.05, 3.63) is 0 Å². The smallest absolute Gasteiger partial charge is 0.263 e. The third kappa shape index (κ3) is 7.94. The van der Waals surface area contributed by atoms with Gasteiger partial charge < -0.3 is 0 Å². The first-order valence-corrected chi connectivity index (χ1v) is 4.21. The molecule has 13 heavy (non-hydrogen) atoms. The van der Waals surface area contributed by atoms with Gasteiger partial charge in [0, 0.05) is 0 Å². The van der Waals surface area contributed by atoms with Gasteiger partial charge in [-0.1, -0.05) is 0 Å². The minimum Gasteiger partial charge on any atom is -0.263 e. The Hall–Kier alpha value is -0.410. The molecule has 0 aliphatic carbocycles. The van der Waals surface area contributed by atoms with Crippen LogP contribution in [0.4, 0.5) is 17.6 Å². The molecule has 1 N–H and O–H groups in total. The van der Waals surface area contributed by atoms with Gasteiger partial charge in [0.2, 0.25) is 0 Å². The van der Waals surface area contributed by atoms with Crippen LogP contribution in [0.1, 0.15) is 13.3 Å².